The zero-order valence-corrected chi connectivity index (χ0v) is 12.3. The summed E-state index contributed by atoms with van der Waals surface area (Å²) in [6.07, 6.45) is 0.849. The molecule has 0 spiro atoms. The average molecular weight is 345 g/mol. The van der Waals surface area contributed by atoms with Crippen molar-refractivity contribution in [1.29, 1.82) is 0 Å². The van der Waals surface area contributed by atoms with Gasteiger partial charge in [-0.15, -0.1) is 0 Å². The Morgan fingerprint density at radius 3 is 2.60 bits per heavy atom. The number of amides is 1. The maximum absolute atomic E-state index is 13.5. The minimum absolute atomic E-state index is 0.352. The highest BCUT2D eigenvalue weighted by atomic mass is 79.9. The molecule has 0 unspecified atom stereocenters. The van der Waals surface area contributed by atoms with Crippen molar-refractivity contribution in [2.75, 3.05) is 5.32 Å². The van der Waals surface area contributed by atoms with Gasteiger partial charge in [0.25, 0.3) is 0 Å². The van der Waals surface area contributed by atoms with Gasteiger partial charge >= 0.3 is 5.97 Å². The van der Waals surface area contributed by atoms with E-state index >= 15 is 0 Å². The van der Waals surface area contributed by atoms with E-state index in [4.69, 9.17) is 5.11 Å². The van der Waals surface area contributed by atoms with Crippen LogP contribution in [-0.4, -0.2) is 29.1 Å². The molecule has 1 aliphatic rings. The smallest absolute Gasteiger partial charge is 0.320 e. The van der Waals surface area contributed by atoms with Gasteiger partial charge in [0.05, 0.1) is 10.5 Å². The van der Waals surface area contributed by atoms with Crippen LogP contribution in [0.25, 0.3) is 0 Å². The van der Waals surface area contributed by atoms with E-state index in [9.17, 15) is 14.0 Å². The van der Waals surface area contributed by atoms with Crippen molar-refractivity contribution >= 4 is 33.5 Å². The largest absolute Gasteiger partial charge is 0.480 e. The van der Waals surface area contributed by atoms with Gasteiger partial charge in [0.15, 0.2) is 0 Å². The summed E-state index contributed by atoms with van der Waals surface area (Å²) < 4.78 is 13.9. The molecule has 108 valence electrons. The Morgan fingerprint density at radius 1 is 1.40 bits per heavy atom. The summed E-state index contributed by atoms with van der Waals surface area (Å²) in [4.78, 5) is 22.8. The molecule has 1 heterocycles. The number of anilines is 1. The second kappa shape index (κ2) is 5.88. The van der Waals surface area contributed by atoms with E-state index in [-0.39, 0.29) is 5.91 Å². The van der Waals surface area contributed by atoms with Crippen LogP contribution < -0.4 is 10.6 Å². The number of benzene rings is 1. The third-order valence-electron chi connectivity index (χ3n) is 3.24. The molecule has 0 bridgehead atoms. The van der Waals surface area contributed by atoms with Gasteiger partial charge in [-0.2, -0.15) is 0 Å². The highest BCUT2D eigenvalue weighted by Gasteiger charge is 2.33. The fraction of sp³-hybridized carbons (Fsp3) is 0.385. The van der Waals surface area contributed by atoms with Crippen molar-refractivity contribution in [3.63, 3.8) is 0 Å². The monoisotopic (exact) mass is 344 g/mol. The number of nitrogens with one attached hydrogen (secondary N) is 2. The maximum Gasteiger partial charge on any atom is 0.320 e. The number of hydrogen-bond acceptors (Lipinski definition) is 3. The quantitative estimate of drug-likeness (QED) is 0.784. The molecule has 0 aromatic heterocycles. The highest BCUT2D eigenvalue weighted by Crippen LogP contribution is 2.25. The molecule has 7 heteroatoms. The Hall–Kier alpha value is -1.47. The molecule has 0 radical (unpaired) electrons. The van der Waals surface area contributed by atoms with Gasteiger partial charge < -0.3 is 10.4 Å². The van der Waals surface area contributed by atoms with E-state index in [1.807, 2.05) is 0 Å². The van der Waals surface area contributed by atoms with Crippen molar-refractivity contribution in [1.82, 2.24) is 5.32 Å². The molecule has 1 fully saturated rings. The Morgan fingerprint density at radius 2 is 2.05 bits per heavy atom. The lowest BCUT2D eigenvalue weighted by Crippen LogP contribution is -2.41. The highest BCUT2D eigenvalue weighted by molar-refractivity contribution is 9.10. The molecule has 2 atom stereocenters. The van der Waals surface area contributed by atoms with Gasteiger partial charge in [-0.3, -0.25) is 14.9 Å². The van der Waals surface area contributed by atoms with E-state index in [0.717, 1.165) is 0 Å². The molecule has 3 N–H and O–H groups in total. The molecule has 1 aliphatic heterocycles. The van der Waals surface area contributed by atoms with Crippen LogP contribution in [0.1, 0.15) is 18.4 Å². The molecule has 0 saturated carbocycles. The fourth-order valence-corrected chi connectivity index (χ4v) is 2.40. The third kappa shape index (κ3) is 3.16. The van der Waals surface area contributed by atoms with Crippen molar-refractivity contribution in [3.05, 3.63) is 28.0 Å². The Kier molecular flexibility index (Phi) is 4.39. The first-order valence-electron chi connectivity index (χ1n) is 6.14. The minimum atomic E-state index is -0.967. The number of halogens is 2. The van der Waals surface area contributed by atoms with E-state index in [1.165, 1.54) is 6.07 Å². The lowest BCUT2D eigenvalue weighted by Gasteiger charge is -2.13. The minimum Gasteiger partial charge on any atom is -0.480 e. The molecule has 5 nitrogen and oxygen atoms in total. The van der Waals surface area contributed by atoms with Crippen LogP contribution in [0.5, 0.6) is 0 Å². The van der Waals surface area contributed by atoms with E-state index in [1.54, 1.807) is 13.0 Å². The van der Waals surface area contributed by atoms with Crippen molar-refractivity contribution < 1.29 is 19.1 Å². The summed E-state index contributed by atoms with van der Waals surface area (Å²) in [7, 11) is 0. The number of hydrogen-bond donors (Lipinski definition) is 3. The first-order valence-corrected chi connectivity index (χ1v) is 6.93. The van der Waals surface area contributed by atoms with Gasteiger partial charge in [-0.25, -0.2) is 4.39 Å². The zero-order chi connectivity index (χ0) is 14.9. The lowest BCUT2D eigenvalue weighted by atomic mass is 10.1. The molecule has 1 saturated heterocycles. The van der Waals surface area contributed by atoms with Crippen LogP contribution in [0.3, 0.4) is 0 Å². The summed E-state index contributed by atoms with van der Waals surface area (Å²) in [6.45, 7) is 1.72. The summed E-state index contributed by atoms with van der Waals surface area (Å²) in [5.74, 6) is -1.77. The first-order chi connectivity index (χ1) is 9.38. The van der Waals surface area contributed by atoms with Crippen LogP contribution in [0.2, 0.25) is 0 Å². The van der Waals surface area contributed by atoms with Gasteiger partial charge in [-0.05, 0) is 53.4 Å². The van der Waals surface area contributed by atoms with Gasteiger partial charge in [-0.1, -0.05) is 0 Å². The van der Waals surface area contributed by atoms with Crippen LogP contribution in [0.15, 0.2) is 16.6 Å². The number of carbonyl (C=O) groups is 2. The lowest BCUT2D eigenvalue weighted by molar-refractivity contribution is -0.139. The first kappa shape index (κ1) is 14.9. The topological polar surface area (TPSA) is 78.4 Å². The molecular formula is C13H14BrFN2O3. The number of carbonyl (C=O) groups excluding carboxylic acids is 1. The number of aryl methyl sites for hydroxylation is 1. The van der Waals surface area contributed by atoms with Gasteiger partial charge in [0, 0.05) is 5.69 Å². The van der Waals surface area contributed by atoms with Crippen molar-refractivity contribution in [2.24, 2.45) is 0 Å². The number of carboxylic acid groups (broad SMARTS) is 1. The SMILES string of the molecule is Cc1cc(NC(=O)[C@@H]2CC[C@H](C(=O)O)N2)cc(F)c1Br. The predicted molar refractivity (Wildman–Crippen MR) is 75.0 cm³/mol. The molecule has 1 aromatic carbocycles. The molecule has 1 aromatic rings. The second-order valence-electron chi connectivity index (χ2n) is 4.77. The van der Waals surface area contributed by atoms with Gasteiger partial charge in [0.1, 0.15) is 11.9 Å². The average Bonchev–Trinajstić information content (AvgIpc) is 2.85. The zero-order valence-electron chi connectivity index (χ0n) is 10.7. The normalized spacial score (nSPS) is 21.8. The summed E-state index contributed by atoms with van der Waals surface area (Å²) in [5, 5.41) is 14.2. The maximum atomic E-state index is 13.5. The third-order valence-corrected chi connectivity index (χ3v) is 4.24. The van der Waals surface area contributed by atoms with E-state index < -0.39 is 23.9 Å². The van der Waals surface area contributed by atoms with Crippen molar-refractivity contribution in [3.8, 4) is 0 Å². The molecule has 0 aliphatic carbocycles. The molecule has 1 amide bonds. The predicted octanol–water partition coefficient (Wildman–Crippen LogP) is 2.04. The number of rotatable bonds is 3. The van der Waals surface area contributed by atoms with Crippen molar-refractivity contribution in [2.45, 2.75) is 31.8 Å². The van der Waals surface area contributed by atoms with Crippen LogP contribution in [0, 0.1) is 12.7 Å². The van der Waals surface area contributed by atoms with Crippen LogP contribution in [-0.2, 0) is 9.59 Å². The van der Waals surface area contributed by atoms with Crippen LogP contribution >= 0.6 is 15.9 Å². The molecular weight excluding hydrogens is 331 g/mol. The Balaban J connectivity index is 2.04. The molecule has 20 heavy (non-hydrogen) atoms. The summed E-state index contributed by atoms with van der Waals surface area (Å²) in [5.41, 5.74) is 1.02. The second-order valence-corrected chi connectivity index (χ2v) is 5.56. The Bertz CT molecular complexity index is 542. The van der Waals surface area contributed by atoms with E-state index in [2.05, 4.69) is 26.6 Å². The number of carboxylic acids is 1. The number of aliphatic carboxylic acids is 1. The van der Waals surface area contributed by atoms with Gasteiger partial charge in [0.2, 0.25) is 5.91 Å². The summed E-state index contributed by atoms with van der Waals surface area (Å²) >= 11 is 3.10. The van der Waals surface area contributed by atoms with E-state index in [0.29, 0.717) is 28.6 Å². The Labute approximate surface area is 123 Å². The summed E-state index contributed by atoms with van der Waals surface area (Å²) in [6, 6.07) is 1.60. The van der Waals surface area contributed by atoms with Crippen LogP contribution in [0.4, 0.5) is 10.1 Å². The standard InChI is InChI=1S/C13H14BrFN2O3/c1-6-4-7(5-8(15)11(6)14)16-12(18)9-2-3-10(17-9)13(19)20/h4-5,9-10,17H,2-3H2,1H3,(H,16,18)(H,19,20)/t9-,10+/m0/s1. The molecule has 2 rings (SSSR count). The fourth-order valence-electron chi connectivity index (χ4n) is 2.17.